The van der Waals surface area contributed by atoms with Gasteiger partial charge in [0.15, 0.2) is 6.10 Å². The SMILES string of the molecule is CNC(=O)C(C)Oc1c(C)cc(C)cc1S(N)(=O)=O. The topological polar surface area (TPSA) is 98.5 Å². The number of likely N-dealkylation sites (N-methyl/N-ethyl adjacent to an activating group) is 1. The second kappa shape index (κ2) is 5.58. The highest BCUT2D eigenvalue weighted by Gasteiger charge is 2.22. The summed E-state index contributed by atoms with van der Waals surface area (Å²) in [5.74, 6) is -0.232. The molecule has 1 aromatic carbocycles. The first-order valence-electron chi connectivity index (χ1n) is 5.69. The highest BCUT2D eigenvalue weighted by Crippen LogP contribution is 2.29. The number of rotatable bonds is 4. The Morgan fingerprint density at radius 2 is 1.95 bits per heavy atom. The summed E-state index contributed by atoms with van der Waals surface area (Å²) in [5, 5.41) is 7.60. The third kappa shape index (κ3) is 3.68. The van der Waals surface area contributed by atoms with Crippen molar-refractivity contribution in [2.24, 2.45) is 5.14 Å². The molecule has 106 valence electrons. The van der Waals surface area contributed by atoms with Crippen molar-refractivity contribution < 1.29 is 17.9 Å². The Hall–Kier alpha value is -1.60. The van der Waals surface area contributed by atoms with Crippen molar-refractivity contribution in [2.45, 2.75) is 31.8 Å². The first-order chi connectivity index (χ1) is 8.66. The lowest BCUT2D eigenvalue weighted by Crippen LogP contribution is -2.34. The van der Waals surface area contributed by atoms with Gasteiger partial charge in [-0.05, 0) is 38.0 Å². The molecule has 0 fully saturated rings. The van der Waals surface area contributed by atoms with Gasteiger partial charge in [-0.2, -0.15) is 0 Å². The fourth-order valence-electron chi connectivity index (χ4n) is 1.71. The molecule has 0 aliphatic carbocycles. The molecule has 0 radical (unpaired) electrons. The maximum absolute atomic E-state index is 11.6. The minimum Gasteiger partial charge on any atom is -0.479 e. The van der Waals surface area contributed by atoms with Crippen LogP contribution in [0.3, 0.4) is 0 Å². The van der Waals surface area contributed by atoms with Crippen LogP contribution in [-0.2, 0) is 14.8 Å². The van der Waals surface area contributed by atoms with Crippen LogP contribution in [0.25, 0.3) is 0 Å². The largest absolute Gasteiger partial charge is 0.479 e. The summed E-state index contributed by atoms with van der Waals surface area (Å²) in [6, 6.07) is 3.19. The fourth-order valence-corrected chi connectivity index (χ4v) is 2.53. The van der Waals surface area contributed by atoms with Crippen LogP contribution in [0.5, 0.6) is 5.75 Å². The van der Waals surface area contributed by atoms with E-state index in [9.17, 15) is 13.2 Å². The Labute approximate surface area is 113 Å². The van der Waals surface area contributed by atoms with Crippen molar-refractivity contribution in [1.82, 2.24) is 5.32 Å². The number of primary sulfonamides is 1. The average molecular weight is 286 g/mol. The van der Waals surface area contributed by atoms with E-state index >= 15 is 0 Å². The molecule has 6 nitrogen and oxygen atoms in total. The maximum Gasteiger partial charge on any atom is 0.260 e. The van der Waals surface area contributed by atoms with Crippen LogP contribution >= 0.6 is 0 Å². The zero-order valence-electron chi connectivity index (χ0n) is 11.4. The smallest absolute Gasteiger partial charge is 0.260 e. The molecule has 0 bridgehead atoms. The molecule has 1 aromatic rings. The normalized spacial score (nSPS) is 12.9. The third-order valence-corrected chi connectivity index (χ3v) is 3.52. The van der Waals surface area contributed by atoms with E-state index in [1.807, 2.05) is 0 Å². The molecule has 0 saturated heterocycles. The molecular weight excluding hydrogens is 268 g/mol. The fraction of sp³-hybridized carbons (Fsp3) is 0.417. The molecule has 0 heterocycles. The molecule has 3 N–H and O–H groups in total. The van der Waals surface area contributed by atoms with Gasteiger partial charge in [-0.15, -0.1) is 0 Å². The van der Waals surface area contributed by atoms with Crippen molar-refractivity contribution in [3.05, 3.63) is 23.3 Å². The molecule has 0 aromatic heterocycles. The van der Waals surface area contributed by atoms with E-state index in [0.717, 1.165) is 5.56 Å². The van der Waals surface area contributed by atoms with E-state index in [2.05, 4.69) is 5.32 Å². The van der Waals surface area contributed by atoms with Gasteiger partial charge in [-0.3, -0.25) is 4.79 Å². The number of carbonyl (C=O) groups excluding carboxylic acids is 1. The van der Waals surface area contributed by atoms with E-state index in [1.54, 1.807) is 19.9 Å². The van der Waals surface area contributed by atoms with Crippen LogP contribution in [-0.4, -0.2) is 27.5 Å². The number of hydrogen-bond donors (Lipinski definition) is 2. The number of carbonyl (C=O) groups is 1. The molecule has 0 aliphatic heterocycles. The monoisotopic (exact) mass is 286 g/mol. The lowest BCUT2D eigenvalue weighted by Gasteiger charge is -2.18. The third-order valence-electron chi connectivity index (χ3n) is 2.60. The summed E-state index contributed by atoms with van der Waals surface area (Å²) < 4.78 is 28.6. The Bertz CT molecular complexity index is 596. The zero-order chi connectivity index (χ0) is 14.8. The van der Waals surface area contributed by atoms with E-state index < -0.39 is 16.1 Å². The van der Waals surface area contributed by atoms with Crippen molar-refractivity contribution in [3.63, 3.8) is 0 Å². The second-order valence-electron chi connectivity index (χ2n) is 4.33. The van der Waals surface area contributed by atoms with E-state index in [0.29, 0.717) is 5.56 Å². The van der Waals surface area contributed by atoms with Crippen molar-refractivity contribution in [2.75, 3.05) is 7.05 Å². The minimum absolute atomic E-state index is 0.110. The number of amides is 1. The Kier molecular flexibility index (Phi) is 4.54. The minimum atomic E-state index is -3.91. The van der Waals surface area contributed by atoms with E-state index in [-0.39, 0.29) is 16.6 Å². The molecule has 0 aliphatic rings. The van der Waals surface area contributed by atoms with Gasteiger partial charge in [-0.25, -0.2) is 13.6 Å². The van der Waals surface area contributed by atoms with Gasteiger partial charge in [0.25, 0.3) is 5.91 Å². The van der Waals surface area contributed by atoms with E-state index in [4.69, 9.17) is 9.88 Å². The van der Waals surface area contributed by atoms with E-state index in [1.165, 1.54) is 20.0 Å². The lowest BCUT2D eigenvalue weighted by molar-refractivity contribution is -0.126. The summed E-state index contributed by atoms with van der Waals surface area (Å²) in [4.78, 5) is 11.3. The Balaban J connectivity index is 3.31. The summed E-state index contributed by atoms with van der Waals surface area (Å²) in [6.45, 7) is 4.99. The van der Waals surface area contributed by atoms with Crippen LogP contribution in [0.1, 0.15) is 18.1 Å². The van der Waals surface area contributed by atoms with Crippen molar-refractivity contribution in [3.8, 4) is 5.75 Å². The predicted molar refractivity (Wildman–Crippen MR) is 71.4 cm³/mol. The Morgan fingerprint density at radius 3 is 2.42 bits per heavy atom. The van der Waals surface area contributed by atoms with Gasteiger partial charge in [0.05, 0.1) is 0 Å². The number of sulfonamides is 1. The Morgan fingerprint density at radius 1 is 1.37 bits per heavy atom. The number of aryl methyl sites for hydroxylation is 2. The first-order valence-corrected chi connectivity index (χ1v) is 7.23. The van der Waals surface area contributed by atoms with Gasteiger partial charge in [0, 0.05) is 7.05 Å². The second-order valence-corrected chi connectivity index (χ2v) is 5.86. The molecule has 1 amide bonds. The van der Waals surface area contributed by atoms with Crippen molar-refractivity contribution in [1.29, 1.82) is 0 Å². The average Bonchev–Trinajstić information content (AvgIpc) is 2.29. The van der Waals surface area contributed by atoms with Crippen LogP contribution < -0.4 is 15.2 Å². The molecule has 0 saturated carbocycles. The first kappa shape index (κ1) is 15.5. The summed E-state index contributed by atoms with van der Waals surface area (Å²) in [6.07, 6.45) is -0.813. The molecular formula is C12H18N2O4S. The maximum atomic E-state index is 11.6. The quantitative estimate of drug-likeness (QED) is 0.840. The van der Waals surface area contributed by atoms with Crippen LogP contribution in [0.4, 0.5) is 0 Å². The molecule has 0 spiro atoms. The number of ether oxygens (including phenoxy) is 1. The number of nitrogens with two attached hydrogens (primary N) is 1. The predicted octanol–water partition coefficient (Wildman–Crippen LogP) is 0.464. The van der Waals surface area contributed by atoms with Gasteiger partial charge < -0.3 is 10.1 Å². The summed E-state index contributed by atoms with van der Waals surface area (Å²) >= 11 is 0. The standard InChI is InChI=1S/C12H18N2O4S/c1-7-5-8(2)11(10(6-7)19(13,16)17)18-9(3)12(15)14-4/h5-6,9H,1-4H3,(H,14,15)(H2,13,16,17). The lowest BCUT2D eigenvalue weighted by atomic mass is 10.1. The highest BCUT2D eigenvalue weighted by atomic mass is 32.2. The highest BCUT2D eigenvalue weighted by molar-refractivity contribution is 7.89. The molecule has 1 atom stereocenters. The molecule has 1 unspecified atom stereocenters. The number of benzene rings is 1. The summed E-state index contributed by atoms with van der Waals surface area (Å²) in [5.41, 5.74) is 1.36. The molecule has 19 heavy (non-hydrogen) atoms. The van der Waals surface area contributed by atoms with Gasteiger partial charge in [-0.1, -0.05) is 6.07 Å². The molecule has 7 heteroatoms. The van der Waals surface area contributed by atoms with Gasteiger partial charge in [0.1, 0.15) is 10.6 Å². The number of hydrogen-bond acceptors (Lipinski definition) is 4. The molecule has 1 rings (SSSR count). The van der Waals surface area contributed by atoms with Gasteiger partial charge >= 0.3 is 0 Å². The summed E-state index contributed by atoms with van der Waals surface area (Å²) in [7, 11) is -2.44. The number of nitrogens with one attached hydrogen (secondary N) is 1. The van der Waals surface area contributed by atoms with Crippen LogP contribution in [0.2, 0.25) is 0 Å². The zero-order valence-corrected chi connectivity index (χ0v) is 12.2. The van der Waals surface area contributed by atoms with Crippen LogP contribution in [0, 0.1) is 13.8 Å². The van der Waals surface area contributed by atoms with Gasteiger partial charge in [0.2, 0.25) is 10.0 Å². The van der Waals surface area contributed by atoms with Crippen molar-refractivity contribution >= 4 is 15.9 Å². The van der Waals surface area contributed by atoms with Crippen LogP contribution in [0.15, 0.2) is 17.0 Å².